The van der Waals surface area contributed by atoms with Crippen LogP contribution in [-0.2, 0) is 14.4 Å². The Morgan fingerprint density at radius 1 is 1.47 bits per heavy atom. The van der Waals surface area contributed by atoms with Crippen molar-refractivity contribution in [2.45, 2.75) is 25.6 Å². The van der Waals surface area contributed by atoms with E-state index in [1.807, 2.05) is 18.2 Å². The minimum Gasteiger partial charge on any atom is -0.467 e. The van der Waals surface area contributed by atoms with E-state index in [0.29, 0.717) is 0 Å². The second-order valence-electron chi connectivity index (χ2n) is 3.74. The quantitative estimate of drug-likeness (QED) is 0.586. The van der Waals surface area contributed by atoms with E-state index in [1.165, 1.54) is 6.92 Å². The molecule has 17 heavy (non-hydrogen) atoms. The molecule has 0 aliphatic carbocycles. The fraction of sp³-hybridized carbons (Fsp3) is 0.333. The highest BCUT2D eigenvalue weighted by atomic mass is 19.1. The lowest BCUT2D eigenvalue weighted by atomic mass is 10.1. The van der Waals surface area contributed by atoms with Crippen LogP contribution in [0.15, 0.2) is 35.5 Å². The van der Waals surface area contributed by atoms with Crippen LogP contribution >= 0.6 is 0 Å². The first kappa shape index (κ1) is 11.6. The number of halogens is 1. The molecule has 0 aromatic heterocycles. The van der Waals surface area contributed by atoms with Gasteiger partial charge in [0.25, 0.3) is 0 Å². The monoisotopic (exact) mass is 237 g/mol. The van der Waals surface area contributed by atoms with Gasteiger partial charge in [-0.05, 0) is 10.7 Å². The Balaban J connectivity index is 2.08. The van der Waals surface area contributed by atoms with Crippen LogP contribution in [0.5, 0.6) is 0 Å². The van der Waals surface area contributed by atoms with Gasteiger partial charge in [-0.2, -0.15) is 0 Å². The van der Waals surface area contributed by atoms with Crippen molar-refractivity contribution in [3.8, 4) is 0 Å². The van der Waals surface area contributed by atoms with Crippen LogP contribution in [0.25, 0.3) is 0 Å². The van der Waals surface area contributed by atoms with E-state index in [2.05, 4.69) is 9.99 Å². The van der Waals surface area contributed by atoms with Crippen molar-refractivity contribution < 1.29 is 18.8 Å². The topological polar surface area (TPSA) is 47.9 Å². The fourth-order valence-electron chi connectivity index (χ4n) is 1.64. The lowest BCUT2D eigenvalue weighted by Gasteiger charge is -2.11. The van der Waals surface area contributed by atoms with Crippen molar-refractivity contribution in [2.24, 2.45) is 5.16 Å². The molecule has 1 saturated heterocycles. The number of oxime groups is 1. The normalized spacial score (nSPS) is 25.6. The molecule has 0 N–H and O–H groups in total. The van der Waals surface area contributed by atoms with Gasteiger partial charge in [0, 0.05) is 6.92 Å². The largest absolute Gasteiger partial charge is 0.467 e. The Morgan fingerprint density at radius 2 is 2.18 bits per heavy atom. The van der Waals surface area contributed by atoms with E-state index in [1.54, 1.807) is 12.1 Å². The third-order valence-corrected chi connectivity index (χ3v) is 2.37. The van der Waals surface area contributed by atoms with E-state index >= 15 is 0 Å². The SMILES string of the molecule is CC(=O)O/N=C1/C[C@H](F)[C@H](c2ccccc2)O1. The Bertz CT molecular complexity index is 433. The van der Waals surface area contributed by atoms with E-state index in [0.717, 1.165) is 5.56 Å². The number of alkyl halides is 1. The van der Waals surface area contributed by atoms with Crippen LogP contribution in [-0.4, -0.2) is 18.0 Å². The molecule has 1 fully saturated rings. The summed E-state index contributed by atoms with van der Waals surface area (Å²) in [5.41, 5.74) is 0.744. The molecule has 1 aromatic carbocycles. The lowest BCUT2D eigenvalue weighted by Crippen LogP contribution is -2.07. The van der Waals surface area contributed by atoms with Crippen LogP contribution < -0.4 is 0 Å². The van der Waals surface area contributed by atoms with Gasteiger partial charge in [-0.15, -0.1) is 0 Å². The van der Waals surface area contributed by atoms with Gasteiger partial charge in [0.1, 0.15) is 6.17 Å². The third-order valence-electron chi connectivity index (χ3n) is 2.37. The summed E-state index contributed by atoms with van der Waals surface area (Å²) >= 11 is 0. The molecule has 1 aromatic rings. The maximum absolute atomic E-state index is 13.7. The predicted octanol–water partition coefficient (Wildman–Crippen LogP) is 2.36. The molecule has 0 bridgehead atoms. The van der Waals surface area contributed by atoms with E-state index in [-0.39, 0.29) is 12.3 Å². The Hall–Kier alpha value is -1.91. The van der Waals surface area contributed by atoms with Gasteiger partial charge in [-0.25, -0.2) is 9.18 Å². The van der Waals surface area contributed by atoms with Crippen LogP contribution in [0, 0.1) is 0 Å². The first-order valence-electron chi connectivity index (χ1n) is 5.27. The lowest BCUT2D eigenvalue weighted by molar-refractivity contribution is -0.141. The minimum absolute atomic E-state index is 0.0207. The Morgan fingerprint density at radius 3 is 2.82 bits per heavy atom. The van der Waals surface area contributed by atoms with Crippen molar-refractivity contribution in [3.05, 3.63) is 35.9 Å². The molecule has 0 saturated carbocycles. The summed E-state index contributed by atoms with van der Waals surface area (Å²) < 4.78 is 19.0. The summed E-state index contributed by atoms with van der Waals surface area (Å²) in [6.07, 6.45) is -1.83. The number of nitrogens with zero attached hydrogens (tertiary/aromatic N) is 1. The number of hydrogen-bond donors (Lipinski definition) is 0. The van der Waals surface area contributed by atoms with Crippen molar-refractivity contribution in [1.82, 2.24) is 0 Å². The number of ether oxygens (including phenoxy) is 1. The first-order valence-corrected chi connectivity index (χ1v) is 5.27. The molecule has 2 atom stereocenters. The van der Waals surface area contributed by atoms with Crippen LogP contribution in [0.2, 0.25) is 0 Å². The standard InChI is InChI=1S/C12H12FNO3/c1-8(15)17-14-11-7-10(13)12(16-11)9-5-3-2-4-6-9/h2-6,10,12H,7H2,1H3/b14-11-/t10-,12-/m0/s1. The minimum atomic E-state index is -1.17. The number of hydrogen-bond acceptors (Lipinski definition) is 4. The highest BCUT2D eigenvalue weighted by Gasteiger charge is 2.35. The molecule has 5 heteroatoms. The summed E-state index contributed by atoms with van der Waals surface area (Å²) in [6.45, 7) is 1.22. The first-order chi connectivity index (χ1) is 8.16. The number of rotatable bonds is 2. The number of benzene rings is 1. The van der Waals surface area contributed by atoms with E-state index in [4.69, 9.17) is 4.74 Å². The molecule has 4 nitrogen and oxygen atoms in total. The second-order valence-corrected chi connectivity index (χ2v) is 3.74. The van der Waals surface area contributed by atoms with Gasteiger partial charge in [0.05, 0.1) is 6.42 Å². The zero-order valence-electron chi connectivity index (χ0n) is 9.30. The average Bonchev–Trinajstić information content (AvgIpc) is 2.69. The van der Waals surface area contributed by atoms with Crippen LogP contribution in [0.1, 0.15) is 25.0 Å². The zero-order valence-corrected chi connectivity index (χ0v) is 9.30. The maximum atomic E-state index is 13.7. The molecular weight excluding hydrogens is 225 g/mol. The maximum Gasteiger partial charge on any atom is 0.332 e. The van der Waals surface area contributed by atoms with Gasteiger partial charge >= 0.3 is 5.97 Å². The molecular formula is C12H12FNO3. The zero-order chi connectivity index (χ0) is 12.3. The van der Waals surface area contributed by atoms with Gasteiger partial charge in [-0.3, -0.25) is 0 Å². The molecule has 2 rings (SSSR count). The molecule has 0 unspecified atom stereocenters. The van der Waals surface area contributed by atoms with E-state index < -0.39 is 18.2 Å². The molecule has 0 spiro atoms. The van der Waals surface area contributed by atoms with Gasteiger partial charge < -0.3 is 9.57 Å². The van der Waals surface area contributed by atoms with Crippen LogP contribution in [0.3, 0.4) is 0 Å². The second kappa shape index (κ2) is 4.95. The molecule has 90 valence electrons. The Kier molecular flexibility index (Phi) is 3.37. The highest BCUT2D eigenvalue weighted by molar-refractivity contribution is 5.79. The van der Waals surface area contributed by atoms with Crippen molar-refractivity contribution >= 4 is 11.9 Å². The fourth-order valence-corrected chi connectivity index (χ4v) is 1.64. The molecule has 0 radical (unpaired) electrons. The van der Waals surface area contributed by atoms with Gasteiger partial charge in [0.2, 0.25) is 5.90 Å². The number of carbonyl (C=O) groups is 1. The summed E-state index contributed by atoms with van der Waals surface area (Å²) in [6, 6.07) is 9.04. The summed E-state index contributed by atoms with van der Waals surface area (Å²) in [7, 11) is 0. The average molecular weight is 237 g/mol. The highest BCUT2D eigenvalue weighted by Crippen LogP contribution is 2.32. The smallest absolute Gasteiger partial charge is 0.332 e. The van der Waals surface area contributed by atoms with E-state index in [9.17, 15) is 9.18 Å². The van der Waals surface area contributed by atoms with Crippen LogP contribution in [0.4, 0.5) is 4.39 Å². The number of carbonyl (C=O) groups excluding carboxylic acids is 1. The molecule has 0 amide bonds. The molecule has 1 heterocycles. The molecule has 1 aliphatic heterocycles. The summed E-state index contributed by atoms with van der Waals surface area (Å²) in [4.78, 5) is 15.0. The Labute approximate surface area is 98.0 Å². The van der Waals surface area contributed by atoms with Crippen molar-refractivity contribution in [3.63, 3.8) is 0 Å². The van der Waals surface area contributed by atoms with Gasteiger partial charge in [-0.1, -0.05) is 30.3 Å². The predicted molar refractivity (Wildman–Crippen MR) is 59.0 cm³/mol. The van der Waals surface area contributed by atoms with Crippen molar-refractivity contribution in [1.29, 1.82) is 0 Å². The summed E-state index contributed by atoms with van der Waals surface area (Å²) in [5.74, 6) is -0.443. The summed E-state index contributed by atoms with van der Waals surface area (Å²) in [5, 5.41) is 3.45. The van der Waals surface area contributed by atoms with Gasteiger partial charge in [0.15, 0.2) is 6.10 Å². The van der Waals surface area contributed by atoms with Crippen molar-refractivity contribution in [2.75, 3.05) is 0 Å². The third kappa shape index (κ3) is 2.81. The molecule has 1 aliphatic rings.